The van der Waals surface area contributed by atoms with Crippen molar-refractivity contribution in [2.24, 2.45) is 0 Å². The highest BCUT2D eigenvalue weighted by molar-refractivity contribution is 6.30. The highest BCUT2D eigenvalue weighted by Gasteiger charge is 2.67. The number of Topliss-reactive ketones (excluding diaryl/α,β-unsaturated/α-hetero) is 3. The van der Waals surface area contributed by atoms with Crippen LogP contribution in [0.4, 0.5) is 0 Å². The van der Waals surface area contributed by atoms with Gasteiger partial charge in [0.15, 0.2) is 23.0 Å². The number of carbonyl (C=O) groups excluding carboxylic acids is 3. The quantitative estimate of drug-likeness (QED) is 0.529. The summed E-state index contributed by atoms with van der Waals surface area (Å²) in [4.78, 5) is 38.6. The fraction of sp³-hybridized carbons (Fsp3) is 0.421. The molecule has 1 saturated carbocycles. The molecular weight excluding hydrogens is 340 g/mol. The molecule has 1 aromatic rings. The van der Waals surface area contributed by atoms with Crippen LogP contribution in [0.3, 0.4) is 0 Å². The number of hydrogen-bond donors (Lipinski definition) is 4. The first kappa shape index (κ1) is 17.1. The predicted molar refractivity (Wildman–Crippen MR) is 87.8 cm³/mol. The average Bonchev–Trinajstić information content (AvgIpc) is 2.53. The lowest BCUT2D eigenvalue weighted by Crippen LogP contribution is -2.70. The number of phenols is 1. The lowest BCUT2D eigenvalue weighted by Gasteiger charge is -2.53. The van der Waals surface area contributed by atoms with E-state index in [4.69, 9.17) is 0 Å². The van der Waals surface area contributed by atoms with E-state index in [1.165, 1.54) is 25.1 Å². The first-order valence-corrected chi connectivity index (χ1v) is 8.37. The molecule has 3 aliphatic carbocycles. The molecule has 0 bridgehead atoms. The smallest absolute Gasteiger partial charge is 0.194 e. The Morgan fingerprint density at radius 1 is 1.04 bits per heavy atom. The first-order chi connectivity index (χ1) is 12.0. The highest BCUT2D eigenvalue weighted by Crippen LogP contribution is 2.53. The van der Waals surface area contributed by atoms with Crippen LogP contribution >= 0.6 is 0 Å². The van der Waals surface area contributed by atoms with Crippen molar-refractivity contribution in [1.82, 2.24) is 0 Å². The number of aromatic hydroxyl groups is 1. The van der Waals surface area contributed by atoms with E-state index in [1.54, 1.807) is 0 Å². The third kappa shape index (κ3) is 1.90. The normalized spacial score (nSPS) is 36.5. The van der Waals surface area contributed by atoms with Crippen molar-refractivity contribution in [2.45, 2.75) is 49.4 Å². The van der Waals surface area contributed by atoms with Gasteiger partial charge >= 0.3 is 0 Å². The summed E-state index contributed by atoms with van der Waals surface area (Å²) in [5.41, 5.74) is -6.88. The van der Waals surface area contributed by atoms with Crippen molar-refractivity contribution in [3.05, 3.63) is 40.5 Å². The van der Waals surface area contributed by atoms with Crippen LogP contribution in [-0.2, 0) is 4.79 Å². The second-order valence-corrected chi connectivity index (χ2v) is 7.73. The highest BCUT2D eigenvalue weighted by atomic mass is 16.4. The van der Waals surface area contributed by atoms with Crippen LogP contribution < -0.4 is 0 Å². The Hall–Kier alpha value is -2.35. The minimum atomic E-state index is -2.56. The van der Waals surface area contributed by atoms with Gasteiger partial charge in [-0.25, -0.2) is 0 Å². The van der Waals surface area contributed by atoms with Crippen molar-refractivity contribution < 1.29 is 34.8 Å². The SMILES string of the molecule is C[C@]1(O)CC(=O)[C@@]2(O)C3=C(CC[C@]2(O)C1)C(=O)c1c(O)cccc1C3=O. The second kappa shape index (κ2) is 4.88. The molecule has 7 heteroatoms. The van der Waals surface area contributed by atoms with Crippen LogP contribution in [-0.4, -0.2) is 54.6 Å². The summed E-state index contributed by atoms with van der Waals surface area (Å²) in [5.74, 6) is -2.64. The zero-order chi connectivity index (χ0) is 19.1. The average molecular weight is 358 g/mol. The molecule has 7 nitrogen and oxygen atoms in total. The Labute approximate surface area is 148 Å². The first-order valence-electron chi connectivity index (χ1n) is 8.37. The number of carbonyl (C=O) groups is 3. The summed E-state index contributed by atoms with van der Waals surface area (Å²) in [6.07, 6.45) is -0.952. The zero-order valence-corrected chi connectivity index (χ0v) is 14.1. The molecule has 4 N–H and O–H groups in total. The number of phenolic OH excluding ortho intramolecular Hbond substituents is 1. The molecule has 3 aliphatic rings. The maximum atomic E-state index is 13.1. The Balaban J connectivity index is 1.97. The molecule has 0 aromatic heterocycles. The third-order valence-electron chi connectivity index (χ3n) is 5.76. The van der Waals surface area contributed by atoms with Crippen LogP contribution in [0.1, 0.15) is 53.3 Å². The summed E-state index contributed by atoms with van der Waals surface area (Å²) in [6, 6.07) is 4.00. The molecule has 1 aromatic carbocycles. The fourth-order valence-corrected chi connectivity index (χ4v) is 4.65. The molecule has 0 radical (unpaired) electrons. The van der Waals surface area contributed by atoms with Gasteiger partial charge < -0.3 is 20.4 Å². The lowest BCUT2D eigenvalue weighted by molar-refractivity contribution is -0.201. The van der Waals surface area contributed by atoms with Crippen LogP contribution in [0, 0.1) is 0 Å². The maximum Gasteiger partial charge on any atom is 0.194 e. The van der Waals surface area contributed by atoms with Crippen molar-refractivity contribution in [2.75, 3.05) is 0 Å². The summed E-state index contributed by atoms with van der Waals surface area (Å²) in [6.45, 7) is 1.38. The van der Waals surface area contributed by atoms with Gasteiger partial charge in [0.25, 0.3) is 0 Å². The van der Waals surface area contributed by atoms with E-state index in [9.17, 15) is 34.8 Å². The zero-order valence-electron chi connectivity index (χ0n) is 14.1. The Morgan fingerprint density at radius 3 is 2.42 bits per heavy atom. The van der Waals surface area contributed by atoms with Gasteiger partial charge in [-0.1, -0.05) is 12.1 Å². The van der Waals surface area contributed by atoms with E-state index in [-0.39, 0.29) is 41.7 Å². The summed E-state index contributed by atoms with van der Waals surface area (Å²) in [5, 5.41) is 42.5. The Bertz CT molecular complexity index is 926. The van der Waals surface area contributed by atoms with Gasteiger partial charge in [0.2, 0.25) is 0 Å². The van der Waals surface area contributed by atoms with Gasteiger partial charge in [-0.3, -0.25) is 14.4 Å². The molecule has 0 aliphatic heterocycles. The summed E-state index contributed by atoms with van der Waals surface area (Å²) >= 11 is 0. The van der Waals surface area contributed by atoms with Gasteiger partial charge in [0, 0.05) is 29.6 Å². The molecule has 26 heavy (non-hydrogen) atoms. The van der Waals surface area contributed by atoms with E-state index in [1.807, 2.05) is 0 Å². The van der Waals surface area contributed by atoms with Crippen LogP contribution in [0.25, 0.3) is 0 Å². The molecule has 136 valence electrons. The molecule has 0 amide bonds. The molecule has 4 rings (SSSR count). The van der Waals surface area contributed by atoms with Crippen LogP contribution in [0.5, 0.6) is 5.75 Å². The molecule has 3 atom stereocenters. The van der Waals surface area contributed by atoms with Gasteiger partial charge in [-0.15, -0.1) is 0 Å². The van der Waals surface area contributed by atoms with Crippen LogP contribution in [0.2, 0.25) is 0 Å². The number of fused-ring (bicyclic) bond motifs is 3. The molecule has 0 spiro atoms. The van der Waals surface area contributed by atoms with Gasteiger partial charge in [-0.05, 0) is 25.8 Å². The van der Waals surface area contributed by atoms with E-state index in [2.05, 4.69) is 0 Å². The van der Waals surface area contributed by atoms with Crippen molar-refractivity contribution >= 4 is 17.3 Å². The molecule has 0 saturated heterocycles. The van der Waals surface area contributed by atoms with Crippen molar-refractivity contribution in [3.8, 4) is 5.75 Å². The number of hydrogen-bond acceptors (Lipinski definition) is 7. The molecular formula is C19H18O7. The predicted octanol–water partition coefficient (Wildman–Crippen LogP) is 0.438. The summed E-state index contributed by atoms with van der Waals surface area (Å²) < 4.78 is 0. The van der Waals surface area contributed by atoms with E-state index in [0.29, 0.717) is 0 Å². The monoisotopic (exact) mass is 358 g/mol. The topological polar surface area (TPSA) is 132 Å². The fourth-order valence-electron chi connectivity index (χ4n) is 4.65. The van der Waals surface area contributed by atoms with E-state index >= 15 is 0 Å². The van der Waals surface area contributed by atoms with Gasteiger partial charge in [0.05, 0.1) is 11.2 Å². The lowest BCUT2D eigenvalue weighted by atomic mass is 9.55. The second-order valence-electron chi connectivity index (χ2n) is 7.73. The molecule has 0 unspecified atom stereocenters. The minimum absolute atomic E-state index is 0.0458. The van der Waals surface area contributed by atoms with Gasteiger partial charge in [-0.2, -0.15) is 0 Å². The van der Waals surface area contributed by atoms with Gasteiger partial charge in [0.1, 0.15) is 11.4 Å². The number of aliphatic hydroxyl groups is 3. The van der Waals surface area contributed by atoms with Crippen molar-refractivity contribution in [1.29, 1.82) is 0 Å². The largest absolute Gasteiger partial charge is 0.507 e. The number of rotatable bonds is 0. The summed E-state index contributed by atoms with van der Waals surface area (Å²) in [7, 11) is 0. The Morgan fingerprint density at radius 2 is 1.73 bits per heavy atom. The molecule has 1 fully saturated rings. The molecule has 0 heterocycles. The van der Waals surface area contributed by atoms with E-state index in [0.717, 1.165) is 0 Å². The van der Waals surface area contributed by atoms with E-state index < -0.39 is 46.1 Å². The Kier molecular flexibility index (Phi) is 3.21. The number of benzene rings is 1. The third-order valence-corrected chi connectivity index (χ3v) is 5.76. The van der Waals surface area contributed by atoms with Crippen molar-refractivity contribution in [3.63, 3.8) is 0 Å². The van der Waals surface area contributed by atoms with Crippen LogP contribution in [0.15, 0.2) is 29.3 Å². The minimum Gasteiger partial charge on any atom is -0.507 e. The standard InChI is InChI=1S/C19H18O7/c1-17(24)7-12(21)19(26)14-10(5-6-18(19,25)8-17)15(22)13-9(16(14)23)3-2-4-11(13)20/h2-4,20,24-26H,5-8H2,1H3/t17-,18-,19+/m0/s1. The number of allylic oxidation sites excluding steroid dienone is 1. The number of ketones is 3. The maximum absolute atomic E-state index is 13.1.